The van der Waals surface area contributed by atoms with Crippen LogP contribution in [0, 0.1) is 24.6 Å². The number of primary amides is 4. The Kier molecular flexibility index (Phi) is 35.5. The lowest BCUT2D eigenvalue weighted by Gasteiger charge is -2.33. The number of halogens is 2. The van der Waals surface area contributed by atoms with Gasteiger partial charge >= 0.3 is 0 Å². The molecule has 4 aromatic heterocycles. The van der Waals surface area contributed by atoms with E-state index < -0.39 is 17.6 Å². The average Bonchev–Trinajstić information content (AvgIpc) is 1.65. The Morgan fingerprint density at radius 1 is 0.390 bits per heavy atom. The summed E-state index contributed by atoms with van der Waals surface area (Å²) in [6.07, 6.45) is 23.7. The highest BCUT2D eigenvalue weighted by atomic mass is 35.5. The van der Waals surface area contributed by atoms with E-state index in [9.17, 15) is 52.4 Å². The molecule has 16 rings (SSSR count). The van der Waals surface area contributed by atoms with Crippen molar-refractivity contribution in [3.05, 3.63) is 255 Å². The molecule has 9 amide bonds. The van der Waals surface area contributed by atoms with Gasteiger partial charge in [0.2, 0.25) is 47.4 Å². The van der Waals surface area contributed by atoms with Crippen LogP contribution in [-0.2, 0) is 45.4 Å². The van der Waals surface area contributed by atoms with E-state index in [1.807, 2.05) is 177 Å². The minimum atomic E-state index is -0.521. The number of nitrogens with two attached hydrogens (primary N) is 4. The third-order valence-electron chi connectivity index (χ3n) is 27.0. The monoisotopic (exact) mass is 1930 g/mol. The van der Waals surface area contributed by atoms with Crippen LogP contribution >= 0.6 is 11.6 Å². The molecule has 4 heterocycles. The number of imidazole rings is 4. The van der Waals surface area contributed by atoms with Gasteiger partial charge in [0.1, 0.15) is 5.82 Å². The maximum Gasteiger partial charge on any atom is 0.257 e. The van der Waals surface area contributed by atoms with Crippen molar-refractivity contribution < 1.29 is 52.3 Å². The molecule has 31 nitrogen and oxygen atoms in total. The van der Waals surface area contributed by atoms with Gasteiger partial charge in [0.25, 0.3) is 35.2 Å². The first-order valence-electron chi connectivity index (χ1n) is 48.8. The fourth-order valence-electron chi connectivity index (χ4n) is 18.9. The van der Waals surface area contributed by atoms with Gasteiger partial charge < -0.3 is 76.8 Å². The topological polar surface area (TPSA) is 410 Å². The molecule has 8 aromatic carbocycles. The molecule has 4 aliphatic rings. The SMILES string of the molecule is C=C(Nc1nc2cc(C(=O)N(C)C3CCCCC3)ccc2n1CCC(N)=O)c1ccc(C)cc1.C=C(Nc1nc2cc(C(=O)N(C)C3CCCCC3)ccc2n1CCC(N)=O)c1ccc(F)c(Cl)c1.C=C(Nc1nc2cc(C(=O)N(C)C3CCCCC3)ccc2n1CCC(N)=O)c1cccc(C)c1.CCN(C(=O)c1ccc2c(c1)nc(NC(=O)c1ccc([N+](C)=O)cc1)n2CCCC(N)=O)C1CCCCC1. The van der Waals surface area contributed by atoms with Gasteiger partial charge in [-0.25, -0.2) is 24.3 Å². The van der Waals surface area contributed by atoms with Gasteiger partial charge in [-0.3, -0.25) is 48.5 Å². The normalized spacial score (nSPS) is 14.1. The van der Waals surface area contributed by atoms with E-state index in [0.29, 0.717) is 158 Å². The number of carbonyl (C=O) groups excluding carboxylic acids is 9. The molecular weight excluding hydrogens is 1810 g/mol. The Hall–Kier alpha value is -14.7. The summed E-state index contributed by atoms with van der Waals surface area (Å²) < 4.78 is 21.8. The minimum Gasteiger partial charge on any atom is -0.370 e. The molecule has 740 valence electrons. The number of aryl methyl sites for hydroxylation is 6. The zero-order valence-electron chi connectivity index (χ0n) is 81.7. The summed E-state index contributed by atoms with van der Waals surface area (Å²) in [4.78, 5) is 150. The number of hydrogen-bond donors (Lipinski definition) is 8. The highest BCUT2D eigenvalue weighted by molar-refractivity contribution is 6.31. The second kappa shape index (κ2) is 48.3. The summed E-state index contributed by atoms with van der Waals surface area (Å²) in [6.45, 7) is 20.5. The van der Waals surface area contributed by atoms with Crippen molar-refractivity contribution in [2.24, 2.45) is 22.9 Å². The molecule has 0 radical (unpaired) electrons. The van der Waals surface area contributed by atoms with Crippen molar-refractivity contribution in [3.8, 4) is 0 Å². The zero-order chi connectivity index (χ0) is 101. The van der Waals surface area contributed by atoms with E-state index >= 15 is 0 Å². The van der Waals surface area contributed by atoms with Crippen molar-refractivity contribution in [1.82, 2.24) is 57.8 Å². The molecule has 0 aliphatic heterocycles. The molecular formula is C108H130ClFN21O10+. The number of rotatable bonds is 34. The highest BCUT2D eigenvalue weighted by Gasteiger charge is 2.32. The second-order valence-corrected chi connectivity index (χ2v) is 37.5. The van der Waals surface area contributed by atoms with Gasteiger partial charge in [-0.1, -0.05) is 162 Å². The predicted molar refractivity (Wildman–Crippen MR) is 555 cm³/mol. The summed E-state index contributed by atoms with van der Waals surface area (Å²) in [5.74, 6) is -0.684. The van der Waals surface area contributed by atoms with Gasteiger partial charge in [0, 0.05) is 170 Å². The Morgan fingerprint density at radius 2 is 0.716 bits per heavy atom. The molecule has 0 bridgehead atoms. The zero-order valence-corrected chi connectivity index (χ0v) is 82.4. The molecule has 12 N–H and O–H groups in total. The largest absolute Gasteiger partial charge is 0.370 e. The van der Waals surface area contributed by atoms with Crippen molar-refractivity contribution in [2.45, 2.75) is 232 Å². The average molecular weight is 1940 g/mol. The van der Waals surface area contributed by atoms with Crippen molar-refractivity contribution in [2.75, 3.05) is 56.0 Å². The molecule has 12 aromatic rings. The Morgan fingerprint density at radius 3 is 1.07 bits per heavy atom. The maximum atomic E-state index is 13.6. The van der Waals surface area contributed by atoms with Crippen LogP contribution < -0.4 is 44.2 Å². The number of fused-ring (bicyclic) bond motifs is 4. The van der Waals surface area contributed by atoms with Crippen molar-refractivity contribution in [1.29, 1.82) is 0 Å². The number of nitrogens with one attached hydrogen (secondary N) is 4. The van der Waals surface area contributed by atoms with E-state index in [2.05, 4.69) is 51.0 Å². The number of nitroso groups, excluding NO2 is 1. The number of aromatic nitrogens is 8. The quantitative estimate of drug-likeness (QED) is 0.0174. The Labute approximate surface area is 826 Å². The van der Waals surface area contributed by atoms with Crippen LogP contribution in [0.3, 0.4) is 0 Å². The van der Waals surface area contributed by atoms with Crippen molar-refractivity contribution >= 4 is 155 Å². The van der Waals surface area contributed by atoms with Crippen LogP contribution in [0.2, 0.25) is 5.02 Å². The molecule has 0 saturated heterocycles. The molecule has 4 aliphatic carbocycles. The first-order chi connectivity index (χ1) is 67.7. The number of carbonyl (C=O) groups is 9. The number of hydrogen-bond acceptors (Lipinski definition) is 17. The predicted octanol–water partition coefficient (Wildman–Crippen LogP) is 19.0. The van der Waals surface area contributed by atoms with Crippen LogP contribution in [-0.4, -0.2) is 175 Å². The summed E-state index contributed by atoms with van der Waals surface area (Å²) in [6, 6.07) is 49.7. The maximum absolute atomic E-state index is 13.6. The second-order valence-electron chi connectivity index (χ2n) is 37.1. The van der Waals surface area contributed by atoms with Gasteiger partial charge in [-0.05, 0) is 204 Å². The Balaban J connectivity index is 0.000000158. The molecule has 33 heteroatoms. The van der Waals surface area contributed by atoms with Gasteiger partial charge in [-0.2, -0.15) is 0 Å². The van der Waals surface area contributed by atoms with E-state index in [4.69, 9.17) is 44.5 Å². The summed E-state index contributed by atoms with van der Waals surface area (Å²) in [5, 5.41) is 12.6. The Bertz CT molecular complexity index is 6630. The lowest BCUT2D eigenvalue weighted by atomic mass is 9.93. The van der Waals surface area contributed by atoms with Gasteiger partial charge in [0.15, 0.2) is 7.05 Å². The van der Waals surface area contributed by atoms with Gasteiger partial charge in [0.05, 0.1) is 49.2 Å². The smallest absolute Gasteiger partial charge is 0.257 e. The number of benzene rings is 8. The number of amides is 9. The van der Waals surface area contributed by atoms with Crippen molar-refractivity contribution in [3.63, 3.8) is 0 Å². The lowest BCUT2D eigenvalue weighted by molar-refractivity contribution is -0.428. The first-order valence-corrected chi connectivity index (χ1v) is 49.1. The molecule has 0 atom stereocenters. The molecule has 4 saturated carbocycles. The molecule has 4 fully saturated rings. The van der Waals surface area contributed by atoms with Crippen LogP contribution in [0.1, 0.15) is 247 Å². The van der Waals surface area contributed by atoms with Crippen LogP contribution in [0.15, 0.2) is 184 Å². The van der Waals surface area contributed by atoms with Crippen LogP contribution in [0.5, 0.6) is 0 Å². The highest BCUT2D eigenvalue weighted by Crippen LogP contribution is 2.35. The molecule has 0 unspecified atom stereocenters. The fourth-order valence-corrected chi connectivity index (χ4v) is 19.1. The van der Waals surface area contributed by atoms with E-state index in [1.54, 1.807) is 54.6 Å². The van der Waals surface area contributed by atoms with E-state index in [-0.39, 0.29) is 84.1 Å². The molecule has 0 spiro atoms. The fraction of sp³-hybridized carbons (Fsp3) is 0.380. The third kappa shape index (κ3) is 26.7. The minimum absolute atomic E-state index is 0.0130. The van der Waals surface area contributed by atoms with E-state index in [1.165, 1.54) is 76.1 Å². The first kappa shape index (κ1) is 104. The van der Waals surface area contributed by atoms with E-state index in [0.717, 1.165) is 116 Å². The number of anilines is 4. The van der Waals surface area contributed by atoms with Crippen LogP contribution in [0.4, 0.5) is 33.9 Å². The summed E-state index contributed by atoms with van der Waals surface area (Å²) in [5.41, 5.74) is 37.0. The molecule has 141 heavy (non-hydrogen) atoms. The summed E-state index contributed by atoms with van der Waals surface area (Å²) >= 11 is 5.92. The van der Waals surface area contributed by atoms with Crippen LogP contribution in [0.25, 0.3) is 61.2 Å². The standard InChI is InChI=1S/C28H34N6O4.2C27H33N5O2.C26H29ClFN5O2/c1-3-33(22-8-5-4-6-9-22)27(37)20-13-16-24-23(18-20)30-28(34(24)17-7-10-25(29)35)31-26(36)19-11-14-21(15-12-19)32(2)38;1-18-8-7-9-20(16-18)19(2)29-27-30-23-17-21(12-13-24(23)32(27)15-14-25(28)33)26(34)31(3)22-10-5-4-6-11-22;1-18-9-11-20(12-10-18)19(2)29-27-30-23-17-21(13-14-24(23)32(27)16-15-25(28)33)26(34)31(3)22-7-5-4-6-8-22;1-16(17-8-10-21(28)20(27)14-17)30-26-31-22-15-18(9-11-23(22)33(26)13-12-24(29)34)25(35)32(2)19-6-4-3-5-7-19/h11-16,18,22H,3-10,17H2,1-2H3,(H2-,29,30,31,35,36);7-9,12-13,16-17,22H,2,4-6,10-11,14-15H2,1,3H3,(H2,28,33)(H,29,30);9-14,17,22H,2,4-8,15-16H2,1,3H3,(H2,28,33)(H,29,30);8-11,14-15,19H,1,3-7,12-13H2,2H3,(H2,29,34)(H,30,31)/p+1. The number of nitrogens with zero attached hydrogens (tertiary/aromatic N) is 13. The summed E-state index contributed by atoms with van der Waals surface area (Å²) in [7, 11) is 7.04. The lowest BCUT2D eigenvalue weighted by Crippen LogP contribution is -2.41. The van der Waals surface area contributed by atoms with Gasteiger partial charge in [-0.15, -0.1) is 0 Å². The third-order valence-corrected chi connectivity index (χ3v) is 27.3.